The number of nitrogens with one attached hydrogen (secondary N) is 1. The van der Waals surface area contributed by atoms with E-state index in [1.165, 1.54) is 32.1 Å². The van der Waals surface area contributed by atoms with Crippen molar-refractivity contribution in [2.45, 2.75) is 70.8 Å². The molecule has 0 radical (unpaired) electrons. The van der Waals surface area contributed by atoms with Gasteiger partial charge in [0.15, 0.2) is 0 Å². The van der Waals surface area contributed by atoms with Crippen molar-refractivity contribution < 1.29 is 4.79 Å². The fraction of sp³-hybridized carbons (Fsp3) is 0.938. The lowest BCUT2D eigenvalue weighted by molar-refractivity contribution is -0.135. The summed E-state index contributed by atoms with van der Waals surface area (Å²) in [6, 6.07) is 0.497. The van der Waals surface area contributed by atoms with Crippen LogP contribution in [0.2, 0.25) is 0 Å². The largest absolute Gasteiger partial charge is 0.340 e. The number of halogens is 1. The molecule has 1 saturated carbocycles. The maximum absolute atomic E-state index is 12.6. The number of amides is 1. The van der Waals surface area contributed by atoms with Crippen LogP contribution in [0, 0.1) is 5.92 Å². The van der Waals surface area contributed by atoms with E-state index < -0.39 is 0 Å². The molecule has 0 bridgehead atoms. The minimum absolute atomic E-state index is 0. The summed E-state index contributed by atoms with van der Waals surface area (Å²) in [4.78, 5) is 14.8. The summed E-state index contributed by atoms with van der Waals surface area (Å²) in [6.45, 7) is 5.28. The van der Waals surface area contributed by atoms with Gasteiger partial charge in [-0.15, -0.1) is 12.4 Å². The van der Waals surface area contributed by atoms with Crippen molar-refractivity contribution in [2.75, 3.05) is 19.6 Å². The summed E-state index contributed by atoms with van der Waals surface area (Å²) in [5.41, 5.74) is 0. The third kappa shape index (κ3) is 5.25. The van der Waals surface area contributed by atoms with Crippen molar-refractivity contribution >= 4 is 18.3 Å². The maximum atomic E-state index is 12.6. The third-order valence-electron chi connectivity index (χ3n) is 4.72. The molecule has 1 amide bonds. The molecule has 0 aromatic carbocycles. The van der Waals surface area contributed by atoms with Gasteiger partial charge in [-0.05, 0) is 51.1 Å². The van der Waals surface area contributed by atoms with Crippen LogP contribution in [0.25, 0.3) is 0 Å². The molecular weight excluding hydrogens is 272 g/mol. The predicted octanol–water partition coefficient (Wildman–Crippen LogP) is 3.37. The summed E-state index contributed by atoms with van der Waals surface area (Å²) in [7, 11) is 0. The summed E-state index contributed by atoms with van der Waals surface area (Å²) >= 11 is 0. The van der Waals surface area contributed by atoms with Gasteiger partial charge >= 0.3 is 0 Å². The lowest BCUT2D eigenvalue weighted by Crippen LogP contribution is -2.46. The summed E-state index contributed by atoms with van der Waals surface area (Å²) in [6.07, 6.45) is 10.8. The van der Waals surface area contributed by atoms with Gasteiger partial charge in [-0.25, -0.2) is 0 Å². The molecule has 0 spiro atoms. The Morgan fingerprint density at radius 2 is 1.75 bits per heavy atom. The Morgan fingerprint density at radius 3 is 2.35 bits per heavy atom. The summed E-state index contributed by atoms with van der Waals surface area (Å²) in [5, 5.41) is 3.39. The Bertz CT molecular complexity index is 274. The van der Waals surface area contributed by atoms with Gasteiger partial charge in [0.25, 0.3) is 0 Å². The normalized spacial score (nSPS) is 21.2. The zero-order valence-corrected chi connectivity index (χ0v) is 13.7. The van der Waals surface area contributed by atoms with E-state index in [1.54, 1.807) is 0 Å². The minimum atomic E-state index is 0. The lowest BCUT2D eigenvalue weighted by Gasteiger charge is -2.36. The van der Waals surface area contributed by atoms with E-state index in [0.717, 1.165) is 45.3 Å². The fourth-order valence-corrected chi connectivity index (χ4v) is 3.63. The standard InChI is InChI=1S/C16H30N2O.ClH/c1-2-12-18(15-8-10-17-11-9-15)16(19)13-14-6-4-3-5-7-14;/h14-15,17H,2-13H2,1H3;1H. The van der Waals surface area contributed by atoms with Crippen molar-refractivity contribution in [1.82, 2.24) is 10.2 Å². The van der Waals surface area contributed by atoms with E-state index in [-0.39, 0.29) is 12.4 Å². The third-order valence-corrected chi connectivity index (χ3v) is 4.72. The van der Waals surface area contributed by atoms with Crippen LogP contribution in [0.4, 0.5) is 0 Å². The smallest absolute Gasteiger partial charge is 0.223 e. The van der Waals surface area contributed by atoms with E-state index in [9.17, 15) is 4.79 Å². The highest BCUT2D eigenvalue weighted by Gasteiger charge is 2.26. The maximum Gasteiger partial charge on any atom is 0.223 e. The first-order chi connectivity index (χ1) is 9.31. The first-order valence-electron chi connectivity index (χ1n) is 8.31. The molecule has 1 aliphatic heterocycles. The molecule has 1 saturated heterocycles. The zero-order chi connectivity index (χ0) is 13.5. The Hall–Kier alpha value is -0.280. The molecule has 20 heavy (non-hydrogen) atoms. The number of hydrogen-bond acceptors (Lipinski definition) is 2. The first kappa shape index (κ1) is 17.8. The monoisotopic (exact) mass is 302 g/mol. The van der Waals surface area contributed by atoms with E-state index in [4.69, 9.17) is 0 Å². The molecular formula is C16H31ClN2O. The summed E-state index contributed by atoms with van der Waals surface area (Å²) in [5.74, 6) is 1.10. The minimum Gasteiger partial charge on any atom is -0.340 e. The number of hydrogen-bond donors (Lipinski definition) is 1. The molecule has 3 nitrogen and oxygen atoms in total. The van der Waals surface area contributed by atoms with Crippen LogP contribution in [-0.4, -0.2) is 36.5 Å². The molecule has 2 aliphatic rings. The number of nitrogens with zero attached hydrogens (tertiary/aromatic N) is 1. The summed E-state index contributed by atoms with van der Waals surface area (Å²) < 4.78 is 0. The van der Waals surface area contributed by atoms with Crippen molar-refractivity contribution in [3.8, 4) is 0 Å². The second-order valence-corrected chi connectivity index (χ2v) is 6.28. The van der Waals surface area contributed by atoms with Gasteiger partial charge in [0.05, 0.1) is 0 Å². The Balaban J connectivity index is 0.00000200. The van der Waals surface area contributed by atoms with Gasteiger partial charge in [-0.3, -0.25) is 4.79 Å². The quantitative estimate of drug-likeness (QED) is 0.844. The van der Waals surface area contributed by atoms with Crippen LogP contribution in [0.1, 0.15) is 64.7 Å². The van der Waals surface area contributed by atoms with Gasteiger partial charge in [0.2, 0.25) is 5.91 Å². The van der Waals surface area contributed by atoms with Gasteiger partial charge in [0.1, 0.15) is 0 Å². The lowest BCUT2D eigenvalue weighted by atomic mass is 9.86. The second kappa shape index (κ2) is 9.62. The molecule has 1 N–H and O–H groups in total. The van der Waals surface area contributed by atoms with Crippen molar-refractivity contribution in [2.24, 2.45) is 5.92 Å². The Labute approximate surface area is 130 Å². The number of carbonyl (C=O) groups excluding carboxylic acids is 1. The molecule has 1 aliphatic carbocycles. The Kier molecular flexibility index (Phi) is 8.55. The number of piperidine rings is 1. The molecule has 118 valence electrons. The van der Waals surface area contributed by atoms with Crippen LogP contribution < -0.4 is 5.32 Å². The fourth-order valence-electron chi connectivity index (χ4n) is 3.63. The van der Waals surface area contributed by atoms with Crippen LogP contribution >= 0.6 is 12.4 Å². The molecule has 1 heterocycles. The molecule has 0 atom stereocenters. The van der Waals surface area contributed by atoms with Crippen LogP contribution in [0.5, 0.6) is 0 Å². The molecule has 0 aromatic heterocycles. The van der Waals surface area contributed by atoms with Gasteiger partial charge in [-0.2, -0.15) is 0 Å². The highest BCUT2D eigenvalue weighted by Crippen LogP contribution is 2.27. The topological polar surface area (TPSA) is 32.3 Å². The molecule has 2 fully saturated rings. The molecule has 0 aromatic rings. The molecule has 4 heteroatoms. The van der Waals surface area contributed by atoms with Gasteiger partial charge < -0.3 is 10.2 Å². The predicted molar refractivity (Wildman–Crippen MR) is 86.3 cm³/mol. The van der Waals surface area contributed by atoms with Crippen molar-refractivity contribution in [1.29, 1.82) is 0 Å². The average Bonchev–Trinajstić information content (AvgIpc) is 2.46. The van der Waals surface area contributed by atoms with Gasteiger partial charge in [-0.1, -0.05) is 26.2 Å². The van der Waals surface area contributed by atoms with Crippen molar-refractivity contribution in [3.63, 3.8) is 0 Å². The number of carbonyl (C=O) groups is 1. The first-order valence-corrected chi connectivity index (χ1v) is 8.31. The van der Waals surface area contributed by atoms with Crippen molar-refractivity contribution in [3.05, 3.63) is 0 Å². The highest BCUT2D eigenvalue weighted by molar-refractivity contribution is 5.85. The zero-order valence-electron chi connectivity index (χ0n) is 12.9. The molecule has 0 unspecified atom stereocenters. The van der Waals surface area contributed by atoms with Crippen LogP contribution in [0.3, 0.4) is 0 Å². The van der Waals surface area contributed by atoms with E-state index in [0.29, 0.717) is 17.9 Å². The van der Waals surface area contributed by atoms with Crippen LogP contribution in [0.15, 0.2) is 0 Å². The van der Waals surface area contributed by atoms with E-state index in [2.05, 4.69) is 17.1 Å². The SMILES string of the molecule is CCCN(C(=O)CC1CCCCC1)C1CCNCC1.Cl. The number of rotatable bonds is 5. The van der Waals surface area contributed by atoms with E-state index in [1.807, 2.05) is 0 Å². The highest BCUT2D eigenvalue weighted by atomic mass is 35.5. The van der Waals surface area contributed by atoms with Gasteiger partial charge in [0, 0.05) is 19.0 Å². The average molecular weight is 303 g/mol. The second-order valence-electron chi connectivity index (χ2n) is 6.28. The van der Waals surface area contributed by atoms with Crippen LogP contribution in [-0.2, 0) is 4.79 Å². The Morgan fingerprint density at radius 1 is 1.10 bits per heavy atom. The van der Waals surface area contributed by atoms with E-state index >= 15 is 0 Å². The molecule has 2 rings (SSSR count).